The van der Waals surface area contributed by atoms with Crippen molar-refractivity contribution in [3.05, 3.63) is 11.4 Å². The quantitative estimate of drug-likeness (QED) is 0.797. The van der Waals surface area contributed by atoms with E-state index in [1.54, 1.807) is 0 Å². The van der Waals surface area contributed by atoms with E-state index in [0.717, 1.165) is 17.9 Å². The number of aryl methyl sites for hydroxylation is 2. The Morgan fingerprint density at radius 3 is 2.67 bits per heavy atom. The molecule has 1 N–H and O–H groups in total. The molecule has 1 atom stereocenters. The highest BCUT2D eigenvalue weighted by Crippen LogP contribution is 2.35. The standard InChI is InChI=1S/C10H15ClN4/c1-6-7(2)14-15-10(13-6)12-5-9(11)8-3-4-8/h8-9H,3-5H2,1-2H3,(H,12,13,15). The Balaban J connectivity index is 1.89. The van der Waals surface area contributed by atoms with Crippen LogP contribution in [0.25, 0.3) is 0 Å². The molecule has 0 radical (unpaired) electrons. The van der Waals surface area contributed by atoms with Crippen molar-refractivity contribution in [1.82, 2.24) is 15.2 Å². The summed E-state index contributed by atoms with van der Waals surface area (Å²) in [4.78, 5) is 4.28. The molecule has 1 aromatic rings. The lowest BCUT2D eigenvalue weighted by Crippen LogP contribution is -2.18. The summed E-state index contributed by atoms with van der Waals surface area (Å²) in [5, 5.41) is 11.3. The molecule has 1 aliphatic carbocycles. The molecule has 1 fully saturated rings. The van der Waals surface area contributed by atoms with Gasteiger partial charge in [0.15, 0.2) is 0 Å². The van der Waals surface area contributed by atoms with Crippen LogP contribution >= 0.6 is 11.6 Å². The molecule has 0 aliphatic heterocycles. The third-order valence-corrected chi connectivity index (χ3v) is 3.19. The molecule has 0 saturated heterocycles. The van der Waals surface area contributed by atoms with Crippen LogP contribution in [0.3, 0.4) is 0 Å². The molecule has 1 aliphatic rings. The minimum atomic E-state index is 0.190. The largest absolute Gasteiger partial charge is 0.351 e. The molecule has 1 saturated carbocycles. The maximum absolute atomic E-state index is 6.16. The molecule has 0 bridgehead atoms. The average Bonchev–Trinajstić information content (AvgIpc) is 3.03. The summed E-state index contributed by atoms with van der Waals surface area (Å²) >= 11 is 6.16. The van der Waals surface area contributed by atoms with Crippen molar-refractivity contribution in [3.63, 3.8) is 0 Å². The highest BCUT2D eigenvalue weighted by atomic mass is 35.5. The molecule has 0 spiro atoms. The van der Waals surface area contributed by atoms with Crippen molar-refractivity contribution in [2.24, 2.45) is 5.92 Å². The second kappa shape index (κ2) is 4.31. The van der Waals surface area contributed by atoms with E-state index in [2.05, 4.69) is 20.5 Å². The molecule has 0 aromatic carbocycles. The Morgan fingerprint density at radius 2 is 2.07 bits per heavy atom. The van der Waals surface area contributed by atoms with Crippen LogP contribution in [0.1, 0.15) is 24.2 Å². The van der Waals surface area contributed by atoms with E-state index in [9.17, 15) is 0 Å². The number of halogens is 1. The van der Waals surface area contributed by atoms with E-state index in [0.29, 0.717) is 11.9 Å². The Bertz CT molecular complexity index is 351. The van der Waals surface area contributed by atoms with Gasteiger partial charge >= 0.3 is 0 Å². The summed E-state index contributed by atoms with van der Waals surface area (Å²) in [6.07, 6.45) is 2.50. The van der Waals surface area contributed by atoms with E-state index < -0.39 is 0 Å². The van der Waals surface area contributed by atoms with E-state index in [1.165, 1.54) is 12.8 Å². The SMILES string of the molecule is Cc1nnc(NCC(Cl)C2CC2)nc1C. The first-order valence-corrected chi connectivity index (χ1v) is 5.66. The number of anilines is 1. The lowest BCUT2D eigenvalue weighted by Gasteiger charge is -2.09. The number of nitrogens with one attached hydrogen (secondary N) is 1. The van der Waals surface area contributed by atoms with E-state index in [1.807, 2.05) is 13.8 Å². The van der Waals surface area contributed by atoms with E-state index in [-0.39, 0.29) is 5.38 Å². The van der Waals surface area contributed by atoms with Crippen LogP contribution in [0.4, 0.5) is 5.95 Å². The molecule has 4 nitrogen and oxygen atoms in total. The zero-order valence-corrected chi connectivity index (χ0v) is 9.75. The third-order valence-electron chi connectivity index (χ3n) is 2.68. The van der Waals surface area contributed by atoms with Crippen molar-refractivity contribution in [3.8, 4) is 0 Å². The van der Waals surface area contributed by atoms with Crippen molar-refractivity contribution >= 4 is 17.5 Å². The maximum Gasteiger partial charge on any atom is 0.243 e. The number of alkyl halides is 1. The second-order valence-corrected chi connectivity index (χ2v) is 4.60. The maximum atomic E-state index is 6.16. The molecule has 2 rings (SSSR count). The summed E-state index contributed by atoms with van der Waals surface area (Å²) < 4.78 is 0. The van der Waals surface area contributed by atoms with Crippen LogP contribution in [-0.4, -0.2) is 27.1 Å². The van der Waals surface area contributed by atoms with Crippen molar-refractivity contribution in [2.45, 2.75) is 32.1 Å². The van der Waals surface area contributed by atoms with Crippen LogP contribution < -0.4 is 5.32 Å². The van der Waals surface area contributed by atoms with Gasteiger partial charge in [-0.2, -0.15) is 5.10 Å². The van der Waals surface area contributed by atoms with Crippen LogP contribution in [-0.2, 0) is 0 Å². The molecule has 15 heavy (non-hydrogen) atoms. The van der Waals surface area contributed by atoms with Gasteiger partial charge in [-0.25, -0.2) is 4.98 Å². The van der Waals surface area contributed by atoms with Gasteiger partial charge in [0.25, 0.3) is 0 Å². The van der Waals surface area contributed by atoms with Gasteiger partial charge in [-0.3, -0.25) is 0 Å². The van der Waals surface area contributed by atoms with Crippen LogP contribution in [0.5, 0.6) is 0 Å². The van der Waals surface area contributed by atoms with Gasteiger partial charge in [-0.1, -0.05) is 0 Å². The number of aromatic nitrogens is 3. The summed E-state index contributed by atoms with van der Waals surface area (Å²) in [7, 11) is 0. The zero-order valence-electron chi connectivity index (χ0n) is 9.00. The van der Waals surface area contributed by atoms with Gasteiger partial charge < -0.3 is 5.32 Å². The minimum absolute atomic E-state index is 0.190. The van der Waals surface area contributed by atoms with E-state index >= 15 is 0 Å². The molecular formula is C10H15ClN4. The number of rotatable bonds is 4. The first-order chi connectivity index (χ1) is 7.16. The first-order valence-electron chi connectivity index (χ1n) is 5.22. The Labute approximate surface area is 94.5 Å². The fourth-order valence-corrected chi connectivity index (χ4v) is 1.67. The zero-order chi connectivity index (χ0) is 10.8. The predicted molar refractivity (Wildman–Crippen MR) is 60.2 cm³/mol. The number of nitrogens with zero attached hydrogens (tertiary/aromatic N) is 3. The fraction of sp³-hybridized carbons (Fsp3) is 0.700. The van der Waals surface area contributed by atoms with Gasteiger partial charge in [0.05, 0.1) is 16.8 Å². The minimum Gasteiger partial charge on any atom is -0.351 e. The van der Waals surface area contributed by atoms with Gasteiger partial charge in [-0.05, 0) is 32.6 Å². The van der Waals surface area contributed by atoms with Gasteiger partial charge in [0, 0.05) is 6.54 Å². The lowest BCUT2D eigenvalue weighted by atomic mass is 10.3. The number of hydrogen-bond acceptors (Lipinski definition) is 4. The summed E-state index contributed by atoms with van der Waals surface area (Å²) in [5.74, 6) is 1.25. The molecule has 1 aromatic heterocycles. The highest BCUT2D eigenvalue weighted by molar-refractivity contribution is 6.21. The number of hydrogen-bond donors (Lipinski definition) is 1. The lowest BCUT2D eigenvalue weighted by molar-refractivity contribution is 0.759. The van der Waals surface area contributed by atoms with Crippen molar-refractivity contribution < 1.29 is 0 Å². The van der Waals surface area contributed by atoms with Gasteiger partial charge in [0.1, 0.15) is 0 Å². The summed E-state index contributed by atoms with van der Waals surface area (Å²) in [6.45, 7) is 4.54. The Morgan fingerprint density at radius 1 is 1.33 bits per heavy atom. The van der Waals surface area contributed by atoms with Crippen LogP contribution in [0, 0.1) is 19.8 Å². The fourth-order valence-electron chi connectivity index (χ4n) is 1.35. The summed E-state index contributed by atoms with van der Waals surface area (Å²) in [5.41, 5.74) is 1.77. The Hall–Kier alpha value is -0.900. The van der Waals surface area contributed by atoms with Crippen molar-refractivity contribution in [1.29, 1.82) is 0 Å². The smallest absolute Gasteiger partial charge is 0.243 e. The third kappa shape index (κ3) is 2.78. The van der Waals surface area contributed by atoms with Crippen LogP contribution in [0.2, 0.25) is 0 Å². The Kier molecular flexibility index (Phi) is 3.05. The summed E-state index contributed by atoms with van der Waals surface area (Å²) in [6, 6.07) is 0. The monoisotopic (exact) mass is 226 g/mol. The van der Waals surface area contributed by atoms with E-state index in [4.69, 9.17) is 11.6 Å². The average molecular weight is 227 g/mol. The molecule has 5 heteroatoms. The first kappa shape index (κ1) is 10.6. The highest BCUT2D eigenvalue weighted by Gasteiger charge is 2.29. The van der Waals surface area contributed by atoms with Crippen molar-refractivity contribution in [2.75, 3.05) is 11.9 Å². The van der Waals surface area contributed by atoms with Gasteiger partial charge in [-0.15, -0.1) is 16.7 Å². The topological polar surface area (TPSA) is 50.7 Å². The molecule has 1 unspecified atom stereocenters. The normalized spacial score (nSPS) is 17.5. The molecule has 0 amide bonds. The van der Waals surface area contributed by atoms with Crippen LogP contribution in [0.15, 0.2) is 0 Å². The second-order valence-electron chi connectivity index (χ2n) is 4.04. The molecule has 82 valence electrons. The predicted octanol–water partition coefficient (Wildman–Crippen LogP) is 1.92. The van der Waals surface area contributed by atoms with Gasteiger partial charge in [0.2, 0.25) is 5.95 Å². The molecule has 1 heterocycles. The molecular weight excluding hydrogens is 212 g/mol.